The van der Waals surface area contributed by atoms with Gasteiger partial charge < -0.3 is 25.2 Å². The highest BCUT2D eigenvalue weighted by atomic mass is 127. The van der Waals surface area contributed by atoms with Gasteiger partial charge in [0.25, 0.3) is 0 Å². The Bertz CT molecular complexity index is 659. The molecule has 2 fully saturated rings. The molecule has 1 saturated carbocycles. The van der Waals surface area contributed by atoms with E-state index in [0.29, 0.717) is 12.0 Å². The first-order valence-corrected chi connectivity index (χ1v) is 11.0. The number of aliphatic imine (C=N–C) groups is 1. The monoisotopic (exact) mass is 530 g/mol. The minimum absolute atomic E-state index is 0. The van der Waals surface area contributed by atoms with E-state index < -0.39 is 0 Å². The summed E-state index contributed by atoms with van der Waals surface area (Å²) in [5.74, 6) is 1.97. The van der Waals surface area contributed by atoms with Crippen LogP contribution in [0.4, 0.5) is 5.82 Å². The average Bonchev–Trinajstić information content (AvgIpc) is 2.71. The molecule has 170 valence electrons. The van der Waals surface area contributed by atoms with Crippen molar-refractivity contribution in [1.82, 2.24) is 20.5 Å². The van der Waals surface area contributed by atoms with Gasteiger partial charge in [-0.3, -0.25) is 0 Å². The predicted octanol–water partition coefficient (Wildman–Crippen LogP) is 2.71. The minimum Gasteiger partial charge on any atom is -0.385 e. The Morgan fingerprint density at radius 3 is 2.63 bits per heavy atom. The molecule has 0 atom stereocenters. The van der Waals surface area contributed by atoms with E-state index in [1.165, 1.54) is 24.8 Å². The highest BCUT2D eigenvalue weighted by Gasteiger charge is 2.36. The van der Waals surface area contributed by atoms with E-state index in [4.69, 9.17) is 9.73 Å². The van der Waals surface area contributed by atoms with E-state index in [-0.39, 0.29) is 24.0 Å². The number of nitrogens with one attached hydrogen (secondary N) is 2. The molecule has 1 aliphatic carbocycles. The number of hydrogen-bond donors (Lipinski definition) is 2. The predicted molar refractivity (Wildman–Crippen MR) is 135 cm³/mol. The number of guanidine groups is 1. The van der Waals surface area contributed by atoms with Gasteiger partial charge in [-0.25, -0.2) is 9.98 Å². The van der Waals surface area contributed by atoms with Crippen LogP contribution in [0.2, 0.25) is 0 Å². The number of rotatable bonds is 9. The van der Waals surface area contributed by atoms with Gasteiger partial charge in [0.1, 0.15) is 5.82 Å². The van der Waals surface area contributed by atoms with Crippen molar-refractivity contribution < 1.29 is 4.74 Å². The van der Waals surface area contributed by atoms with Gasteiger partial charge in [0.2, 0.25) is 0 Å². The molecule has 0 unspecified atom stereocenters. The van der Waals surface area contributed by atoms with Crippen molar-refractivity contribution in [2.75, 3.05) is 64.9 Å². The first-order chi connectivity index (χ1) is 14.2. The molecule has 2 N–H and O–H groups in total. The second-order valence-electron chi connectivity index (χ2n) is 8.42. The number of hydrogen-bond acceptors (Lipinski definition) is 5. The largest absolute Gasteiger partial charge is 0.385 e. The molecule has 2 heterocycles. The summed E-state index contributed by atoms with van der Waals surface area (Å²) < 4.78 is 5.32. The number of piperazine rings is 1. The molecule has 7 nitrogen and oxygen atoms in total. The third-order valence-electron chi connectivity index (χ3n) is 6.30. The zero-order valence-corrected chi connectivity index (χ0v) is 21.2. The fourth-order valence-electron chi connectivity index (χ4n) is 4.14. The lowest BCUT2D eigenvalue weighted by Crippen LogP contribution is -2.47. The third-order valence-corrected chi connectivity index (χ3v) is 6.30. The zero-order valence-electron chi connectivity index (χ0n) is 18.8. The van der Waals surface area contributed by atoms with E-state index in [1.807, 2.05) is 12.3 Å². The molecule has 0 amide bonds. The Kier molecular flexibility index (Phi) is 10.6. The topological polar surface area (TPSA) is 65.0 Å². The van der Waals surface area contributed by atoms with Crippen LogP contribution in [0.1, 0.15) is 38.2 Å². The second kappa shape index (κ2) is 12.7. The van der Waals surface area contributed by atoms with Crippen molar-refractivity contribution in [1.29, 1.82) is 0 Å². The maximum atomic E-state index is 5.32. The van der Waals surface area contributed by atoms with Gasteiger partial charge in [-0.05, 0) is 44.7 Å². The molecule has 1 saturated heterocycles. The first-order valence-electron chi connectivity index (χ1n) is 11.0. The van der Waals surface area contributed by atoms with Crippen LogP contribution in [0.5, 0.6) is 0 Å². The normalized spacial score (nSPS) is 19.0. The van der Waals surface area contributed by atoms with Crippen LogP contribution in [0.3, 0.4) is 0 Å². The maximum absolute atomic E-state index is 5.32. The average molecular weight is 530 g/mol. The van der Waals surface area contributed by atoms with Gasteiger partial charge in [0.05, 0.1) is 6.54 Å². The van der Waals surface area contributed by atoms with Gasteiger partial charge in [0, 0.05) is 64.7 Å². The standard InChI is InChI=1S/C22H38N6O.HI/c1-4-23-21(26-18-22(8-6-9-22)10-16-29-3)25-17-19-7-5-11-24-20(19)28-14-12-27(2)13-15-28;/h5,7,11H,4,6,8-10,12-18H2,1-3H3,(H2,23,25,26);1H. The van der Waals surface area contributed by atoms with Crippen molar-refractivity contribution in [3.05, 3.63) is 23.9 Å². The molecule has 3 rings (SSSR count). The summed E-state index contributed by atoms with van der Waals surface area (Å²) in [4.78, 5) is 14.3. The molecule has 1 aromatic heterocycles. The molecule has 0 spiro atoms. The Hall–Kier alpha value is -1.13. The Balaban J connectivity index is 0.00000320. The molecule has 0 radical (unpaired) electrons. The van der Waals surface area contributed by atoms with Gasteiger partial charge >= 0.3 is 0 Å². The summed E-state index contributed by atoms with van der Waals surface area (Å²) in [5, 5.41) is 6.99. The molecular weight excluding hydrogens is 491 g/mol. The van der Waals surface area contributed by atoms with Crippen molar-refractivity contribution >= 4 is 35.8 Å². The quantitative estimate of drug-likeness (QED) is 0.291. The van der Waals surface area contributed by atoms with E-state index >= 15 is 0 Å². The summed E-state index contributed by atoms with van der Waals surface area (Å²) in [6.07, 6.45) is 6.88. The number of halogens is 1. The summed E-state index contributed by atoms with van der Waals surface area (Å²) in [5.41, 5.74) is 1.55. The fraction of sp³-hybridized carbons (Fsp3) is 0.727. The van der Waals surface area contributed by atoms with E-state index in [2.05, 4.69) is 45.5 Å². The maximum Gasteiger partial charge on any atom is 0.191 e. The van der Waals surface area contributed by atoms with Gasteiger partial charge in [-0.2, -0.15) is 0 Å². The second-order valence-corrected chi connectivity index (χ2v) is 8.42. The highest BCUT2D eigenvalue weighted by molar-refractivity contribution is 14.0. The number of nitrogens with zero attached hydrogens (tertiary/aromatic N) is 4. The van der Waals surface area contributed by atoms with Gasteiger partial charge in [0.15, 0.2) is 5.96 Å². The molecule has 0 aromatic carbocycles. The SMILES string of the molecule is CCNC(=NCc1cccnc1N1CCN(C)CC1)NCC1(CCOC)CCC1.I. The Morgan fingerprint density at radius 2 is 2.00 bits per heavy atom. The van der Waals surface area contributed by atoms with Crippen LogP contribution < -0.4 is 15.5 Å². The van der Waals surface area contributed by atoms with E-state index in [1.54, 1.807) is 7.11 Å². The number of aromatic nitrogens is 1. The van der Waals surface area contributed by atoms with Gasteiger partial charge in [-0.1, -0.05) is 12.5 Å². The van der Waals surface area contributed by atoms with E-state index in [9.17, 15) is 0 Å². The van der Waals surface area contributed by atoms with Crippen LogP contribution in [0.25, 0.3) is 0 Å². The van der Waals surface area contributed by atoms with Crippen molar-refractivity contribution in [3.8, 4) is 0 Å². The van der Waals surface area contributed by atoms with Crippen LogP contribution in [-0.4, -0.2) is 75.9 Å². The molecule has 30 heavy (non-hydrogen) atoms. The zero-order chi connectivity index (χ0) is 20.5. The lowest BCUT2D eigenvalue weighted by atomic mass is 9.67. The van der Waals surface area contributed by atoms with E-state index in [0.717, 1.165) is 64.1 Å². The fourth-order valence-corrected chi connectivity index (χ4v) is 4.14. The molecule has 2 aliphatic rings. The Labute approximate surface area is 199 Å². The smallest absolute Gasteiger partial charge is 0.191 e. The van der Waals surface area contributed by atoms with Crippen molar-refractivity contribution in [2.45, 2.75) is 39.2 Å². The molecule has 0 bridgehead atoms. The van der Waals surface area contributed by atoms with Crippen molar-refractivity contribution in [2.24, 2.45) is 10.4 Å². The molecular formula is C22H39IN6O. The third kappa shape index (κ3) is 6.95. The highest BCUT2D eigenvalue weighted by Crippen LogP contribution is 2.43. The minimum atomic E-state index is 0. The van der Waals surface area contributed by atoms with Crippen LogP contribution >= 0.6 is 24.0 Å². The lowest BCUT2D eigenvalue weighted by molar-refractivity contribution is 0.0732. The van der Waals surface area contributed by atoms with Gasteiger partial charge in [-0.15, -0.1) is 24.0 Å². The van der Waals surface area contributed by atoms with Crippen molar-refractivity contribution in [3.63, 3.8) is 0 Å². The Morgan fingerprint density at radius 1 is 1.23 bits per heavy atom. The molecule has 1 aromatic rings. The van der Waals surface area contributed by atoms with Crippen LogP contribution in [0.15, 0.2) is 23.3 Å². The lowest BCUT2D eigenvalue weighted by Gasteiger charge is -2.42. The molecule has 8 heteroatoms. The number of pyridine rings is 1. The first kappa shape index (κ1) is 25.1. The summed E-state index contributed by atoms with van der Waals surface area (Å²) in [6.45, 7) is 9.58. The number of methoxy groups -OCH3 is 1. The molecule has 1 aliphatic heterocycles. The number of likely N-dealkylation sites (N-methyl/N-ethyl adjacent to an activating group) is 1. The summed E-state index contributed by atoms with van der Waals surface area (Å²) in [7, 11) is 3.97. The van der Waals surface area contributed by atoms with Crippen LogP contribution in [0, 0.1) is 5.41 Å². The summed E-state index contributed by atoms with van der Waals surface area (Å²) >= 11 is 0. The summed E-state index contributed by atoms with van der Waals surface area (Å²) in [6, 6.07) is 4.17. The van der Waals surface area contributed by atoms with Crippen LogP contribution in [-0.2, 0) is 11.3 Å². The number of ether oxygens (including phenoxy) is 1. The number of anilines is 1.